The Balaban J connectivity index is 1.37. The average Bonchev–Trinajstić information content (AvgIpc) is 3.34. The third-order valence-electron chi connectivity index (χ3n) is 6.42. The molecule has 1 aliphatic rings. The van der Waals surface area contributed by atoms with E-state index in [1.165, 1.54) is 4.90 Å². The van der Waals surface area contributed by atoms with Crippen molar-refractivity contribution in [1.82, 2.24) is 29.7 Å². The topological polar surface area (TPSA) is 112 Å². The molecule has 0 radical (unpaired) electrons. The van der Waals surface area contributed by atoms with Gasteiger partial charge in [0.25, 0.3) is 17.6 Å². The number of piperazine rings is 1. The number of benzene rings is 1. The van der Waals surface area contributed by atoms with Gasteiger partial charge in [0, 0.05) is 55.2 Å². The number of aromatic amines is 1. The van der Waals surface area contributed by atoms with Crippen LogP contribution in [0.4, 0.5) is 0 Å². The Morgan fingerprint density at radius 3 is 2.31 bits per heavy atom. The van der Waals surface area contributed by atoms with Gasteiger partial charge in [-0.2, -0.15) is 0 Å². The standard InChI is InChI=1S/C27H26N6O3/c1-16-14-28-23(21-13-17(2)30-18(3)31-21)24-22(16)20(15-29-24)25(34)27(36)33-11-9-32(10-12-33)26(35)19-7-5-4-6-8-19/h4-8,13-15,29H,9-12H2,1-3H3. The predicted octanol–water partition coefficient (Wildman–Crippen LogP) is 3.11. The number of Topliss-reactive ketones (excluding diaryl/α,β-unsaturated/α-hetero) is 1. The number of aromatic nitrogens is 4. The number of fused-ring (bicyclic) bond motifs is 1. The maximum atomic E-state index is 13.3. The highest BCUT2D eigenvalue weighted by atomic mass is 16.2. The van der Waals surface area contributed by atoms with Crippen molar-refractivity contribution in [2.45, 2.75) is 20.8 Å². The molecule has 0 aliphatic carbocycles. The minimum Gasteiger partial charge on any atom is -0.359 e. The average molecular weight is 483 g/mol. The van der Waals surface area contributed by atoms with Crippen LogP contribution < -0.4 is 0 Å². The Kier molecular flexibility index (Phi) is 6.05. The van der Waals surface area contributed by atoms with Gasteiger partial charge in [0.2, 0.25) is 0 Å². The molecule has 0 spiro atoms. The minimum atomic E-state index is -0.584. The van der Waals surface area contributed by atoms with E-state index in [0.29, 0.717) is 65.4 Å². The molecule has 4 heterocycles. The summed E-state index contributed by atoms with van der Waals surface area (Å²) in [5, 5.41) is 0.658. The molecule has 0 saturated carbocycles. The Morgan fingerprint density at radius 2 is 1.61 bits per heavy atom. The number of carbonyl (C=O) groups excluding carboxylic acids is 3. The summed E-state index contributed by atoms with van der Waals surface area (Å²) in [4.78, 5) is 59.0. The van der Waals surface area contributed by atoms with Crippen molar-refractivity contribution in [1.29, 1.82) is 0 Å². The molecule has 1 fully saturated rings. The molecule has 36 heavy (non-hydrogen) atoms. The highest BCUT2D eigenvalue weighted by molar-refractivity contribution is 6.45. The van der Waals surface area contributed by atoms with Crippen molar-refractivity contribution in [2.24, 2.45) is 0 Å². The number of H-pyrrole nitrogens is 1. The summed E-state index contributed by atoms with van der Waals surface area (Å²) in [7, 11) is 0. The first-order valence-corrected chi connectivity index (χ1v) is 11.8. The van der Waals surface area contributed by atoms with Crippen molar-refractivity contribution in [3.63, 3.8) is 0 Å². The molecule has 1 aromatic carbocycles. The molecular weight excluding hydrogens is 456 g/mol. The first kappa shape index (κ1) is 23.3. The molecule has 0 bridgehead atoms. The molecule has 182 valence electrons. The van der Waals surface area contributed by atoms with Gasteiger partial charge in [-0.15, -0.1) is 0 Å². The van der Waals surface area contributed by atoms with Gasteiger partial charge in [0.15, 0.2) is 0 Å². The zero-order valence-corrected chi connectivity index (χ0v) is 20.4. The summed E-state index contributed by atoms with van der Waals surface area (Å²) in [6.45, 7) is 6.92. The number of pyridine rings is 1. The Labute approximate surface area is 208 Å². The fourth-order valence-electron chi connectivity index (χ4n) is 4.66. The highest BCUT2D eigenvalue weighted by Gasteiger charge is 2.31. The third kappa shape index (κ3) is 4.24. The molecule has 1 aliphatic heterocycles. The van der Waals surface area contributed by atoms with Gasteiger partial charge in [-0.1, -0.05) is 18.2 Å². The molecule has 0 unspecified atom stereocenters. The third-order valence-corrected chi connectivity index (χ3v) is 6.42. The van der Waals surface area contributed by atoms with Gasteiger partial charge < -0.3 is 14.8 Å². The lowest BCUT2D eigenvalue weighted by atomic mass is 10.0. The first-order valence-electron chi connectivity index (χ1n) is 11.8. The van der Waals surface area contributed by atoms with Crippen molar-refractivity contribution in [3.05, 3.63) is 77.0 Å². The SMILES string of the molecule is Cc1cc(-c2ncc(C)c3c(C(=O)C(=O)N4CCN(C(=O)c5ccccc5)CC4)c[nH]c23)nc(C)n1. The molecule has 9 heteroatoms. The molecule has 9 nitrogen and oxygen atoms in total. The quantitative estimate of drug-likeness (QED) is 0.353. The van der Waals surface area contributed by atoms with Crippen LogP contribution in [-0.2, 0) is 4.79 Å². The number of nitrogens with zero attached hydrogens (tertiary/aromatic N) is 5. The summed E-state index contributed by atoms with van der Waals surface area (Å²) < 4.78 is 0. The van der Waals surface area contributed by atoms with Crippen molar-refractivity contribution < 1.29 is 14.4 Å². The van der Waals surface area contributed by atoms with Crippen LogP contribution in [0.15, 0.2) is 48.8 Å². The number of aryl methyl sites for hydroxylation is 3. The summed E-state index contributed by atoms with van der Waals surface area (Å²) in [6.07, 6.45) is 3.26. The number of amides is 2. The summed E-state index contributed by atoms with van der Waals surface area (Å²) >= 11 is 0. The molecule has 4 aromatic rings. The highest BCUT2D eigenvalue weighted by Crippen LogP contribution is 2.30. The second kappa shape index (κ2) is 9.33. The van der Waals surface area contributed by atoms with Crippen molar-refractivity contribution >= 4 is 28.5 Å². The van der Waals surface area contributed by atoms with E-state index in [1.54, 1.807) is 29.4 Å². The molecule has 2 amide bonds. The second-order valence-electron chi connectivity index (χ2n) is 8.96. The van der Waals surface area contributed by atoms with Crippen molar-refractivity contribution in [2.75, 3.05) is 26.2 Å². The Bertz CT molecular complexity index is 1470. The van der Waals surface area contributed by atoms with Gasteiger partial charge in [-0.05, 0) is 44.5 Å². The zero-order chi connectivity index (χ0) is 25.4. The van der Waals surface area contributed by atoms with E-state index in [-0.39, 0.29) is 5.91 Å². The summed E-state index contributed by atoms with van der Waals surface area (Å²) in [5.74, 6) is -0.603. The summed E-state index contributed by atoms with van der Waals surface area (Å²) in [6, 6.07) is 10.9. The number of hydrogen-bond acceptors (Lipinski definition) is 6. The summed E-state index contributed by atoms with van der Waals surface area (Å²) in [5.41, 5.74) is 4.42. The van der Waals surface area contributed by atoms with Gasteiger partial charge in [0.1, 0.15) is 11.5 Å². The molecule has 1 N–H and O–H groups in total. The Hall–Kier alpha value is -4.40. The van der Waals surface area contributed by atoms with E-state index in [0.717, 1.165) is 11.3 Å². The number of nitrogens with one attached hydrogen (secondary N) is 1. The fourth-order valence-corrected chi connectivity index (χ4v) is 4.66. The maximum Gasteiger partial charge on any atom is 0.295 e. The van der Waals surface area contributed by atoms with E-state index in [2.05, 4.69) is 19.9 Å². The van der Waals surface area contributed by atoms with Crippen LogP contribution in [0.3, 0.4) is 0 Å². The molecule has 3 aromatic heterocycles. The molecule has 5 rings (SSSR count). The van der Waals surface area contributed by atoms with Gasteiger partial charge >= 0.3 is 0 Å². The molecule has 0 atom stereocenters. The van der Waals surface area contributed by atoms with Crippen LogP contribution >= 0.6 is 0 Å². The second-order valence-corrected chi connectivity index (χ2v) is 8.96. The van der Waals surface area contributed by atoms with Crippen LogP contribution in [0, 0.1) is 20.8 Å². The molecular formula is C27H26N6O3. The van der Waals surface area contributed by atoms with Crippen molar-refractivity contribution in [3.8, 4) is 11.4 Å². The van der Waals surface area contributed by atoms with Crippen LogP contribution in [0.5, 0.6) is 0 Å². The Morgan fingerprint density at radius 1 is 0.917 bits per heavy atom. The minimum absolute atomic E-state index is 0.0727. The smallest absolute Gasteiger partial charge is 0.295 e. The van der Waals surface area contributed by atoms with Gasteiger partial charge in [-0.3, -0.25) is 19.4 Å². The fraction of sp³-hybridized carbons (Fsp3) is 0.259. The van der Waals surface area contributed by atoms with E-state index >= 15 is 0 Å². The van der Waals surface area contributed by atoms with Crippen LogP contribution in [0.1, 0.15) is 37.8 Å². The monoisotopic (exact) mass is 482 g/mol. The van der Waals surface area contributed by atoms with E-state index < -0.39 is 11.7 Å². The number of ketones is 1. The van der Waals surface area contributed by atoms with Crippen LogP contribution in [-0.4, -0.2) is 73.5 Å². The van der Waals surface area contributed by atoms with Crippen LogP contribution in [0.25, 0.3) is 22.3 Å². The maximum absolute atomic E-state index is 13.3. The van der Waals surface area contributed by atoms with E-state index in [9.17, 15) is 14.4 Å². The van der Waals surface area contributed by atoms with Crippen LogP contribution in [0.2, 0.25) is 0 Å². The van der Waals surface area contributed by atoms with Gasteiger partial charge in [-0.25, -0.2) is 9.97 Å². The number of rotatable bonds is 4. The predicted molar refractivity (Wildman–Crippen MR) is 135 cm³/mol. The van der Waals surface area contributed by atoms with E-state index in [4.69, 9.17) is 0 Å². The number of hydrogen-bond donors (Lipinski definition) is 1. The normalized spacial score (nSPS) is 13.8. The van der Waals surface area contributed by atoms with Gasteiger partial charge in [0.05, 0.1) is 16.8 Å². The number of carbonyl (C=O) groups is 3. The lowest BCUT2D eigenvalue weighted by Gasteiger charge is -2.34. The van der Waals surface area contributed by atoms with E-state index in [1.807, 2.05) is 45.0 Å². The molecule has 1 saturated heterocycles. The lowest BCUT2D eigenvalue weighted by molar-refractivity contribution is -0.127. The lowest BCUT2D eigenvalue weighted by Crippen LogP contribution is -2.52. The largest absolute Gasteiger partial charge is 0.359 e. The zero-order valence-electron chi connectivity index (χ0n) is 20.4. The first-order chi connectivity index (χ1) is 17.3.